The minimum Gasteiger partial charge on any atom is -0.367 e. The molecule has 0 radical (unpaired) electrons. The summed E-state index contributed by atoms with van der Waals surface area (Å²) in [6, 6.07) is 6.24. The summed E-state index contributed by atoms with van der Waals surface area (Å²) < 4.78 is 0. The van der Waals surface area contributed by atoms with Gasteiger partial charge in [0.2, 0.25) is 5.91 Å². The molecule has 2 heterocycles. The van der Waals surface area contributed by atoms with Crippen LogP contribution in [0.1, 0.15) is 44.4 Å². The Morgan fingerprint density at radius 2 is 2.14 bits per heavy atom. The third-order valence-electron chi connectivity index (χ3n) is 3.99. The molecule has 1 aliphatic heterocycles. The summed E-state index contributed by atoms with van der Waals surface area (Å²) in [7, 11) is 0. The van der Waals surface area contributed by atoms with Gasteiger partial charge in [-0.15, -0.1) is 0 Å². The van der Waals surface area contributed by atoms with Crippen LogP contribution in [0.5, 0.6) is 0 Å². The Kier molecular flexibility index (Phi) is 5.37. The molecule has 1 aromatic heterocycles. The number of likely N-dealkylation sites (tertiary alicyclic amines) is 1. The number of nitrogens with one attached hydrogen (secondary N) is 1. The second kappa shape index (κ2) is 7.26. The predicted molar refractivity (Wildman–Crippen MR) is 86.4 cm³/mol. The molecular formula is C17H24N4O. The highest BCUT2D eigenvalue weighted by Gasteiger charge is 2.23. The fraction of sp³-hybridized carbons (Fsp3) is 0.588. The quantitative estimate of drug-likeness (QED) is 0.928. The van der Waals surface area contributed by atoms with Crippen LogP contribution in [0.25, 0.3) is 0 Å². The van der Waals surface area contributed by atoms with E-state index in [0.717, 1.165) is 37.3 Å². The van der Waals surface area contributed by atoms with Crippen LogP contribution < -0.4 is 5.32 Å². The van der Waals surface area contributed by atoms with Crippen LogP contribution >= 0.6 is 0 Å². The van der Waals surface area contributed by atoms with Gasteiger partial charge in [-0.25, -0.2) is 4.98 Å². The molecule has 1 N–H and O–H groups in total. The summed E-state index contributed by atoms with van der Waals surface area (Å²) in [4.78, 5) is 18.3. The Balaban J connectivity index is 1.88. The maximum atomic E-state index is 12.1. The number of amides is 1. The van der Waals surface area contributed by atoms with Crippen LogP contribution in [0.15, 0.2) is 12.1 Å². The molecule has 0 aromatic carbocycles. The Morgan fingerprint density at radius 3 is 2.73 bits per heavy atom. The Bertz CT molecular complexity index is 569. The highest BCUT2D eigenvalue weighted by Crippen LogP contribution is 2.18. The van der Waals surface area contributed by atoms with Gasteiger partial charge in [0.25, 0.3) is 0 Å². The number of aryl methyl sites for hydroxylation is 1. The van der Waals surface area contributed by atoms with Gasteiger partial charge >= 0.3 is 0 Å². The summed E-state index contributed by atoms with van der Waals surface area (Å²) >= 11 is 0. The fourth-order valence-corrected chi connectivity index (χ4v) is 2.68. The lowest BCUT2D eigenvalue weighted by Gasteiger charge is -2.33. The van der Waals surface area contributed by atoms with Gasteiger partial charge in [0, 0.05) is 25.6 Å². The van der Waals surface area contributed by atoms with Gasteiger partial charge < -0.3 is 10.2 Å². The Morgan fingerprint density at radius 1 is 1.45 bits per heavy atom. The van der Waals surface area contributed by atoms with Crippen molar-refractivity contribution in [1.82, 2.24) is 9.88 Å². The minimum atomic E-state index is 0.258. The van der Waals surface area contributed by atoms with Gasteiger partial charge in [-0.1, -0.05) is 19.9 Å². The summed E-state index contributed by atoms with van der Waals surface area (Å²) in [6.45, 7) is 7.61. The number of piperidine rings is 1. The standard InChI is InChI=1S/C17H24N4O/c1-12(2)10-17(22)21-8-6-14(7-9-21)19-16-5-4-13(3)15(11-18)20-16/h4-5,12,14H,6-10H2,1-3H3,(H,19,20). The molecule has 5 heteroatoms. The first-order chi connectivity index (χ1) is 10.5. The number of pyridine rings is 1. The van der Waals surface area contributed by atoms with Crippen molar-refractivity contribution in [2.24, 2.45) is 5.92 Å². The van der Waals surface area contributed by atoms with Crippen molar-refractivity contribution in [3.8, 4) is 6.07 Å². The SMILES string of the molecule is Cc1ccc(NC2CCN(C(=O)CC(C)C)CC2)nc1C#N. The molecule has 1 aromatic rings. The van der Waals surface area contributed by atoms with Gasteiger partial charge in [-0.05, 0) is 37.3 Å². The van der Waals surface area contributed by atoms with Gasteiger partial charge in [-0.2, -0.15) is 5.26 Å². The number of nitrogens with zero attached hydrogens (tertiary/aromatic N) is 3. The normalized spacial score (nSPS) is 15.7. The van der Waals surface area contributed by atoms with Crippen molar-refractivity contribution < 1.29 is 4.79 Å². The van der Waals surface area contributed by atoms with Gasteiger partial charge in [0.1, 0.15) is 17.6 Å². The first-order valence-electron chi connectivity index (χ1n) is 7.91. The van der Waals surface area contributed by atoms with E-state index in [1.54, 1.807) is 0 Å². The van der Waals surface area contributed by atoms with E-state index in [4.69, 9.17) is 5.26 Å². The molecule has 0 atom stereocenters. The van der Waals surface area contributed by atoms with Gasteiger partial charge in [0.15, 0.2) is 0 Å². The number of hydrogen-bond donors (Lipinski definition) is 1. The van der Waals surface area contributed by atoms with E-state index in [-0.39, 0.29) is 5.91 Å². The lowest BCUT2D eigenvalue weighted by molar-refractivity contribution is -0.132. The lowest BCUT2D eigenvalue weighted by Crippen LogP contribution is -2.42. The predicted octanol–water partition coefficient (Wildman–Crippen LogP) is 2.71. The van der Waals surface area contributed by atoms with E-state index >= 15 is 0 Å². The number of aromatic nitrogens is 1. The zero-order chi connectivity index (χ0) is 16.1. The highest BCUT2D eigenvalue weighted by atomic mass is 16.2. The van der Waals surface area contributed by atoms with Gasteiger partial charge in [-0.3, -0.25) is 4.79 Å². The molecule has 5 nitrogen and oxygen atoms in total. The summed E-state index contributed by atoms with van der Waals surface area (Å²) in [5.74, 6) is 1.41. The third-order valence-corrected chi connectivity index (χ3v) is 3.99. The van der Waals surface area contributed by atoms with Crippen LogP contribution in [-0.4, -0.2) is 34.9 Å². The molecule has 0 bridgehead atoms. The first-order valence-corrected chi connectivity index (χ1v) is 7.91. The van der Waals surface area contributed by atoms with E-state index in [1.165, 1.54) is 0 Å². The smallest absolute Gasteiger partial charge is 0.222 e. The third kappa shape index (κ3) is 4.20. The Hall–Kier alpha value is -2.09. The van der Waals surface area contributed by atoms with Crippen molar-refractivity contribution in [3.63, 3.8) is 0 Å². The second-order valence-electron chi connectivity index (χ2n) is 6.37. The minimum absolute atomic E-state index is 0.258. The van der Waals surface area contributed by atoms with Crippen LogP contribution in [0.4, 0.5) is 5.82 Å². The average Bonchev–Trinajstić information content (AvgIpc) is 2.49. The van der Waals surface area contributed by atoms with Crippen molar-refractivity contribution >= 4 is 11.7 Å². The van der Waals surface area contributed by atoms with Crippen molar-refractivity contribution in [2.75, 3.05) is 18.4 Å². The highest BCUT2D eigenvalue weighted by molar-refractivity contribution is 5.76. The number of hydrogen-bond acceptors (Lipinski definition) is 4. The maximum Gasteiger partial charge on any atom is 0.222 e. The van der Waals surface area contributed by atoms with E-state index < -0.39 is 0 Å². The molecule has 0 spiro atoms. The second-order valence-corrected chi connectivity index (χ2v) is 6.37. The number of anilines is 1. The number of rotatable bonds is 4. The summed E-state index contributed by atoms with van der Waals surface area (Å²) in [6.07, 6.45) is 2.46. The van der Waals surface area contributed by atoms with Crippen LogP contribution in [-0.2, 0) is 4.79 Å². The van der Waals surface area contributed by atoms with Crippen molar-refractivity contribution in [1.29, 1.82) is 5.26 Å². The Labute approximate surface area is 132 Å². The van der Waals surface area contributed by atoms with Crippen molar-refractivity contribution in [3.05, 3.63) is 23.4 Å². The zero-order valence-corrected chi connectivity index (χ0v) is 13.6. The number of carbonyl (C=O) groups is 1. The van der Waals surface area contributed by atoms with Crippen LogP contribution in [0, 0.1) is 24.2 Å². The first kappa shape index (κ1) is 16.3. The molecule has 118 valence electrons. The van der Waals surface area contributed by atoms with Crippen LogP contribution in [0.3, 0.4) is 0 Å². The fourth-order valence-electron chi connectivity index (χ4n) is 2.68. The van der Waals surface area contributed by atoms with E-state index in [2.05, 4.69) is 30.2 Å². The molecule has 1 aliphatic rings. The molecule has 1 fully saturated rings. The lowest BCUT2D eigenvalue weighted by atomic mass is 10.0. The molecule has 0 unspecified atom stereocenters. The molecule has 2 rings (SSSR count). The topological polar surface area (TPSA) is 69.0 Å². The van der Waals surface area contributed by atoms with E-state index in [1.807, 2.05) is 24.0 Å². The van der Waals surface area contributed by atoms with E-state index in [0.29, 0.717) is 24.1 Å². The monoisotopic (exact) mass is 300 g/mol. The van der Waals surface area contributed by atoms with Gasteiger partial charge in [0.05, 0.1) is 0 Å². The molecular weight excluding hydrogens is 276 g/mol. The molecule has 0 saturated carbocycles. The molecule has 1 saturated heterocycles. The molecule has 1 amide bonds. The van der Waals surface area contributed by atoms with Crippen molar-refractivity contribution in [2.45, 2.75) is 46.1 Å². The zero-order valence-electron chi connectivity index (χ0n) is 13.6. The number of carbonyl (C=O) groups excluding carboxylic acids is 1. The summed E-state index contributed by atoms with van der Waals surface area (Å²) in [5, 5.41) is 12.4. The largest absolute Gasteiger partial charge is 0.367 e. The van der Waals surface area contributed by atoms with E-state index in [9.17, 15) is 4.79 Å². The average molecular weight is 300 g/mol. The maximum absolute atomic E-state index is 12.1. The molecule has 0 aliphatic carbocycles. The molecule has 22 heavy (non-hydrogen) atoms. The van der Waals surface area contributed by atoms with Crippen LogP contribution in [0.2, 0.25) is 0 Å². The summed E-state index contributed by atoms with van der Waals surface area (Å²) in [5.41, 5.74) is 1.36. The number of nitriles is 1.